The molecule has 0 spiro atoms. The number of hydrogen-bond donors (Lipinski definition) is 4. The maximum absolute atomic E-state index is 9.20. The van der Waals surface area contributed by atoms with Crippen LogP contribution in [0.3, 0.4) is 0 Å². The molecular weight excluding hydrogens is 238 g/mol. The summed E-state index contributed by atoms with van der Waals surface area (Å²) in [7, 11) is 0. The third-order valence-corrected chi connectivity index (χ3v) is 2.89. The van der Waals surface area contributed by atoms with E-state index in [9.17, 15) is 5.11 Å². The molecule has 1 rings (SSSR count). The van der Waals surface area contributed by atoms with E-state index >= 15 is 0 Å². The molecule has 0 aliphatic heterocycles. The van der Waals surface area contributed by atoms with E-state index in [1.54, 1.807) is 12.1 Å². The van der Waals surface area contributed by atoms with Gasteiger partial charge in [-0.15, -0.1) is 0 Å². The molecule has 0 saturated heterocycles. The zero-order valence-electron chi connectivity index (χ0n) is 11.8. The summed E-state index contributed by atoms with van der Waals surface area (Å²) in [5.74, 6) is 1.17. The van der Waals surface area contributed by atoms with Gasteiger partial charge in [0.2, 0.25) is 0 Å². The third-order valence-electron chi connectivity index (χ3n) is 2.89. The number of rotatable bonds is 5. The Labute approximate surface area is 114 Å². The summed E-state index contributed by atoms with van der Waals surface area (Å²) < 4.78 is 0. The maximum atomic E-state index is 9.20. The van der Waals surface area contributed by atoms with Crippen molar-refractivity contribution in [1.29, 1.82) is 0 Å². The van der Waals surface area contributed by atoms with Crippen molar-refractivity contribution in [3.8, 4) is 5.75 Å². The second-order valence-corrected chi connectivity index (χ2v) is 4.92. The van der Waals surface area contributed by atoms with E-state index in [0.717, 1.165) is 16.8 Å². The van der Waals surface area contributed by atoms with Gasteiger partial charge in [-0.1, -0.05) is 26.0 Å². The molecule has 0 aliphatic carbocycles. The summed E-state index contributed by atoms with van der Waals surface area (Å²) in [6.07, 6.45) is 1.89. The summed E-state index contributed by atoms with van der Waals surface area (Å²) in [6.45, 7) is 6.62. The van der Waals surface area contributed by atoms with Gasteiger partial charge in [0.1, 0.15) is 5.75 Å². The first kappa shape index (κ1) is 15.0. The number of nitrogens with one attached hydrogen (secondary N) is 1. The first-order chi connectivity index (χ1) is 8.90. The smallest absolute Gasteiger partial charge is 0.115 e. The predicted octanol–water partition coefficient (Wildman–Crippen LogP) is 2.17. The second kappa shape index (κ2) is 6.73. The van der Waals surface area contributed by atoms with Gasteiger partial charge in [-0.3, -0.25) is 0 Å². The molecule has 1 aromatic rings. The van der Waals surface area contributed by atoms with Gasteiger partial charge in [0, 0.05) is 12.2 Å². The molecule has 0 radical (unpaired) electrons. The number of allylic oxidation sites excluding steroid dienone is 3. The fourth-order valence-corrected chi connectivity index (χ4v) is 1.44. The molecule has 0 saturated carbocycles. The molecule has 4 heteroatoms. The minimum Gasteiger partial charge on any atom is -0.508 e. The zero-order chi connectivity index (χ0) is 14.4. The van der Waals surface area contributed by atoms with E-state index in [-0.39, 0.29) is 5.75 Å². The van der Waals surface area contributed by atoms with E-state index in [1.807, 2.05) is 39.0 Å². The monoisotopic (exact) mass is 261 g/mol. The van der Waals surface area contributed by atoms with Crippen molar-refractivity contribution >= 4 is 0 Å². The van der Waals surface area contributed by atoms with Crippen LogP contribution in [0.2, 0.25) is 0 Å². The van der Waals surface area contributed by atoms with Gasteiger partial charge in [0.05, 0.1) is 5.82 Å². The van der Waals surface area contributed by atoms with E-state index in [1.165, 1.54) is 0 Å². The van der Waals surface area contributed by atoms with Crippen molar-refractivity contribution < 1.29 is 5.11 Å². The Morgan fingerprint density at radius 1 is 1.26 bits per heavy atom. The van der Waals surface area contributed by atoms with Crippen LogP contribution in [0.1, 0.15) is 26.3 Å². The van der Waals surface area contributed by atoms with Gasteiger partial charge in [0.15, 0.2) is 0 Å². The first-order valence-corrected chi connectivity index (χ1v) is 6.35. The normalized spacial score (nSPS) is 13.4. The Morgan fingerprint density at radius 2 is 1.84 bits per heavy atom. The summed E-state index contributed by atoms with van der Waals surface area (Å²) in [6, 6.07) is 7.01. The highest BCUT2D eigenvalue weighted by Crippen LogP contribution is 2.10. The minimum absolute atomic E-state index is 0.260. The van der Waals surface area contributed by atoms with Crippen LogP contribution in [-0.4, -0.2) is 5.11 Å². The lowest BCUT2D eigenvalue weighted by Gasteiger charge is -2.10. The Balaban J connectivity index is 2.65. The molecule has 0 fully saturated rings. The fraction of sp³-hybridized carbons (Fsp3) is 0.333. The molecule has 104 valence electrons. The lowest BCUT2D eigenvalue weighted by Crippen LogP contribution is -2.21. The quantitative estimate of drug-likeness (QED) is 0.612. The van der Waals surface area contributed by atoms with Gasteiger partial charge in [-0.25, -0.2) is 0 Å². The SMILES string of the molecule is CC(/C=C(\N)C(C)C)=C(/N)NCc1ccc(O)cc1. The standard InChI is InChI=1S/C15H23N3O/c1-10(2)14(16)8-11(3)15(17)18-9-12-4-6-13(19)7-5-12/h4-8,10,18-19H,9,16-17H2,1-3H3/b14-8-,15-11+. The minimum atomic E-state index is 0.260. The first-order valence-electron chi connectivity index (χ1n) is 6.35. The van der Waals surface area contributed by atoms with Gasteiger partial charge >= 0.3 is 0 Å². The van der Waals surface area contributed by atoms with Crippen LogP contribution in [0, 0.1) is 5.92 Å². The molecule has 0 bridgehead atoms. The second-order valence-electron chi connectivity index (χ2n) is 4.92. The molecule has 19 heavy (non-hydrogen) atoms. The highest BCUT2D eigenvalue weighted by atomic mass is 16.3. The maximum Gasteiger partial charge on any atom is 0.115 e. The Bertz CT molecular complexity index is 473. The number of aromatic hydroxyl groups is 1. The number of phenolic OH excluding ortho intramolecular Hbond substituents is 1. The molecule has 4 nitrogen and oxygen atoms in total. The van der Waals surface area contributed by atoms with Crippen molar-refractivity contribution in [3.63, 3.8) is 0 Å². The van der Waals surface area contributed by atoms with Gasteiger partial charge in [0.25, 0.3) is 0 Å². The number of hydrogen-bond acceptors (Lipinski definition) is 4. The third kappa shape index (κ3) is 4.95. The van der Waals surface area contributed by atoms with Crippen molar-refractivity contribution in [3.05, 3.63) is 53.0 Å². The number of nitrogens with two attached hydrogens (primary N) is 2. The van der Waals surface area contributed by atoms with Gasteiger partial charge in [-0.05, 0) is 42.2 Å². The van der Waals surface area contributed by atoms with Crippen LogP contribution in [0.5, 0.6) is 5.75 Å². The Morgan fingerprint density at radius 3 is 2.37 bits per heavy atom. The van der Waals surface area contributed by atoms with Crippen LogP contribution >= 0.6 is 0 Å². The highest BCUT2D eigenvalue weighted by Gasteiger charge is 2.00. The lowest BCUT2D eigenvalue weighted by molar-refractivity contribution is 0.475. The molecule has 0 aliphatic rings. The number of phenols is 1. The molecule has 0 amide bonds. The van der Waals surface area contributed by atoms with Crippen LogP contribution in [-0.2, 0) is 6.54 Å². The summed E-state index contributed by atoms with van der Waals surface area (Å²) in [5.41, 5.74) is 14.6. The molecule has 1 aromatic carbocycles. The van der Waals surface area contributed by atoms with Crippen LogP contribution in [0.25, 0.3) is 0 Å². The van der Waals surface area contributed by atoms with Crippen molar-refractivity contribution in [1.82, 2.24) is 5.32 Å². The molecule has 0 aromatic heterocycles. The summed E-state index contributed by atoms with van der Waals surface area (Å²) in [5, 5.41) is 12.3. The predicted molar refractivity (Wildman–Crippen MR) is 78.9 cm³/mol. The van der Waals surface area contributed by atoms with E-state index in [2.05, 4.69) is 5.32 Å². The van der Waals surface area contributed by atoms with Crippen molar-refractivity contribution in [2.45, 2.75) is 27.3 Å². The fourth-order valence-electron chi connectivity index (χ4n) is 1.44. The molecule has 0 atom stereocenters. The van der Waals surface area contributed by atoms with Crippen LogP contribution in [0.15, 0.2) is 47.4 Å². The topological polar surface area (TPSA) is 84.3 Å². The number of benzene rings is 1. The molecular formula is C15H23N3O. The Hall–Kier alpha value is -2.10. The average molecular weight is 261 g/mol. The largest absolute Gasteiger partial charge is 0.508 e. The molecule has 0 unspecified atom stereocenters. The van der Waals surface area contributed by atoms with Gasteiger partial charge < -0.3 is 21.9 Å². The highest BCUT2D eigenvalue weighted by molar-refractivity contribution is 5.28. The van der Waals surface area contributed by atoms with Gasteiger partial charge in [-0.2, -0.15) is 0 Å². The average Bonchev–Trinajstić information content (AvgIpc) is 2.37. The van der Waals surface area contributed by atoms with E-state index in [4.69, 9.17) is 11.5 Å². The van der Waals surface area contributed by atoms with E-state index < -0.39 is 0 Å². The lowest BCUT2D eigenvalue weighted by atomic mass is 10.1. The zero-order valence-corrected chi connectivity index (χ0v) is 11.8. The summed E-state index contributed by atoms with van der Waals surface area (Å²) in [4.78, 5) is 0. The van der Waals surface area contributed by atoms with E-state index in [0.29, 0.717) is 18.3 Å². The Kier molecular flexibility index (Phi) is 5.30. The van der Waals surface area contributed by atoms with Crippen molar-refractivity contribution in [2.75, 3.05) is 0 Å². The molecule has 0 heterocycles. The molecule has 6 N–H and O–H groups in total. The van der Waals surface area contributed by atoms with Crippen LogP contribution < -0.4 is 16.8 Å². The van der Waals surface area contributed by atoms with Crippen LogP contribution in [0.4, 0.5) is 0 Å². The summed E-state index contributed by atoms with van der Waals surface area (Å²) >= 11 is 0. The van der Waals surface area contributed by atoms with Crippen molar-refractivity contribution in [2.24, 2.45) is 17.4 Å².